The Kier molecular flexibility index (Phi) is 6.27. The number of piperidine rings is 1. The first-order valence-corrected chi connectivity index (χ1v) is 15.4. The van der Waals surface area contributed by atoms with Gasteiger partial charge in [0.05, 0.1) is 29.5 Å². The average molecular weight is 583 g/mol. The van der Waals surface area contributed by atoms with Gasteiger partial charge in [-0.25, -0.2) is 4.39 Å². The van der Waals surface area contributed by atoms with Crippen LogP contribution in [0.3, 0.4) is 0 Å². The molecule has 9 nitrogen and oxygen atoms in total. The number of nitrogens with zero attached hydrogens (tertiary/aromatic N) is 5. The van der Waals surface area contributed by atoms with Crippen molar-refractivity contribution in [1.29, 1.82) is 0 Å². The van der Waals surface area contributed by atoms with Crippen molar-refractivity contribution in [2.45, 2.75) is 62.6 Å². The van der Waals surface area contributed by atoms with Crippen LogP contribution in [0.4, 0.5) is 10.2 Å². The third-order valence-corrected chi connectivity index (χ3v) is 10.1. The van der Waals surface area contributed by atoms with Crippen molar-refractivity contribution in [2.24, 2.45) is 0 Å². The molecule has 4 aliphatic rings. The summed E-state index contributed by atoms with van der Waals surface area (Å²) in [6.07, 6.45) is 8.40. The number of β-lactam (4-membered cyclic amide) rings is 1. The predicted molar refractivity (Wildman–Crippen MR) is 161 cm³/mol. The molecule has 4 saturated heterocycles. The molecule has 0 saturated carbocycles. The SMILES string of the molecule is O=C1CC2(CCCN(c3nc(OCC45CCCN4CCC5)nc4c(F)c(-c5cccc6cccc(CO)c56)ncc34)C2)N1. The molecule has 10 heteroatoms. The largest absolute Gasteiger partial charge is 0.461 e. The number of aliphatic hydroxyl groups is 1. The normalized spacial score (nSPS) is 23.1. The lowest BCUT2D eigenvalue weighted by Crippen LogP contribution is -2.68. The molecule has 1 amide bonds. The minimum Gasteiger partial charge on any atom is -0.461 e. The van der Waals surface area contributed by atoms with E-state index in [2.05, 4.69) is 25.1 Å². The van der Waals surface area contributed by atoms with Crippen LogP contribution < -0.4 is 15.0 Å². The number of benzene rings is 2. The summed E-state index contributed by atoms with van der Waals surface area (Å²) in [4.78, 5) is 30.7. The number of rotatable bonds is 6. The highest BCUT2D eigenvalue weighted by Gasteiger charge is 2.47. The zero-order valence-corrected chi connectivity index (χ0v) is 24.1. The Labute approximate surface area is 249 Å². The zero-order valence-electron chi connectivity index (χ0n) is 24.1. The molecule has 222 valence electrons. The summed E-state index contributed by atoms with van der Waals surface area (Å²) < 4.78 is 23.1. The molecule has 8 rings (SSSR count). The second kappa shape index (κ2) is 10.1. The van der Waals surface area contributed by atoms with Crippen molar-refractivity contribution >= 4 is 33.4 Å². The summed E-state index contributed by atoms with van der Waals surface area (Å²) in [6.45, 7) is 3.79. The summed E-state index contributed by atoms with van der Waals surface area (Å²) in [6, 6.07) is 11.5. The first kappa shape index (κ1) is 26.7. The lowest BCUT2D eigenvalue weighted by molar-refractivity contribution is -0.133. The molecule has 1 atom stereocenters. The van der Waals surface area contributed by atoms with Gasteiger partial charge >= 0.3 is 6.01 Å². The summed E-state index contributed by atoms with van der Waals surface area (Å²) in [5.41, 5.74) is 1.36. The van der Waals surface area contributed by atoms with E-state index < -0.39 is 5.82 Å². The highest BCUT2D eigenvalue weighted by molar-refractivity contribution is 6.00. The van der Waals surface area contributed by atoms with E-state index in [0.717, 1.165) is 68.9 Å². The van der Waals surface area contributed by atoms with E-state index in [0.29, 0.717) is 41.9 Å². The molecule has 1 unspecified atom stereocenters. The van der Waals surface area contributed by atoms with Crippen molar-refractivity contribution in [3.8, 4) is 17.3 Å². The van der Waals surface area contributed by atoms with Crippen LogP contribution in [0.15, 0.2) is 42.6 Å². The van der Waals surface area contributed by atoms with Crippen LogP contribution in [0.25, 0.3) is 32.9 Å². The molecule has 2 aromatic carbocycles. The topological polar surface area (TPSA) is 104 Å². The molecule has 4 fully saturated rings. The molecule has 43 heavy (non-hydrogen) atoms. The average Bonchev–Trinajstić information content (AvgIpc) is 3.60. The Bertz CT molecular complexity index is 1740. The molecule has 4 aliphatic heterocycles. The standard InChI is InChI=1S/C33H35FN6O3/c34-27-28(23-9-2-7-21-6-1-8-22(18-41)26(21)23)35-17-24-29(27)36-31(43-20-33-11-4-14-40(33)15-5-12-33)37-30(24)39-13-3-10-32(19-39)16-25(42)38-32/h1-2,6-9,17,41H,3-5,10-16,18-20H2,(H,38,42). The van der Waals surface area contributed by atoms with Crippen LogP contribution in [0, 0.1) is 5.82 Å². The molecule has 6 heterocycles. The number of anilines is 1. The second-order valence-corrected chi connectivity index (χ2v) is 12.7. The van der Waals surface area contributed by atoms with Crippen molar-refractivity contribution in [3.63, 3.8) is 0 Å². The lowest BCUT2D eigenvalue weighted by atomic mass is 9.80. The Morgan fingerprint density at radius 1 is 1.02 bits per heavy atom. The van der Waals surface area contributed by atoms with Gasteiger partial charge in [0.25, 0.3) is 0 Å². The number of hydrogen-bond donors (Lipinski definition) is 2. The maximum atomic E-state index is 16.7. The molecular weight excluding hydrogens is 547 g/mol. The fourth-order valence-corrected chi connectivity index (χ4v) is 8.07. The Morgan fingerprint density at radius 3 is 2.56 bits per heavy atom. The minimum atomic E-state index is -0.545. The molecule has 4 aromatic rings. The fourth-order valence-electron chi connectivity index (χ4n) is 8.07. The predicted octanol–water partition coefficient (Wildman–Crippen LogP) is 4.34. The molecule has 2 aromatic heterocycles. The number of nitrogens with one attached hydrogen (secondary N) is 1. The van der Waals surface area contributed by atoms with Crippen molar-refractivity contribution in [3.05, 3.63) is 54.0 Å². The molecule has 0 aliphatic carbocycles. The van der Waals surface area contributed by atoms with Crippen molar-refractivity contribution in [1.82, 2.24) is 25.2 Å². The first-order chi connectivity index (χ1) is 21.0. The summed E-state index contributed by atoms with van der Waals surface area (Å²) in [5, 5.41) is 15.4. The molecular formula is C33H35FN6O3. The quantitative estimate of drug-likeness (QED) is 0.324. The maximum Gasteiger partial charge on any atom is 0.319 e. The van der Waals surface area contributed by atoms with Crippen molar-refractivity contribution in [2.75, 3.05) is 37.7 Å². The van der Waals surface area contributed by atoms with Crippen LogP contribution in [0.1, 0.15) is 50.5 Å². The van der Waals surface area contributed by atoms with Gasteiger partial charge in [0.2, 0.25) is 5.91 Å². The third kappa shape index (κ3) is 4.33. The second-order valence-electron chi connectivity index (χ2n) is 12.7. The smallest absolute Gasteiger partial charge is 0.319 e. The zero-order chi connectivity index (χ0) is 29.2. The number of carbonyl (C=O) groups is 1. The van der Waals surface area contributed by atoms with Crippen LogP contribution in [-0.4, -0.2) is 74.7 Å². The monoisotopic (exact) mass is 582 g/mol. The van der Waals surface area contributed by atoms with E-state index in [9.17, 15) is 9.90 Å². The Hall–Kier alpha value is -3.89. The number of aliphatic hydroxyl groups excluding tert-OH is 1. The minimum absolute atomic E-state index is 0.00449. The van der Waals surface area contributed by atoms with Gasteiger partial charge in [-0.05, 0) is 68.0 Å². The van der Waals surface area contributed by atoms with Gasteiger partial charge < -0.3 is 20.1 Å². The van der Waals surface area contributed by atoms with Gasteiger partial charge in [-0.15, -0.1) is 0 Å². The van der Waals surface area contributed by atoms with Crippen LogP contribution >= 0.6 is 0 Å². The molecule has 0 radical (unpaired) electrons. The molecule has 0 bridgehead atoms. The molecule has 1 spiro atoms. The number of aromatic nitrogens is 3. The van der Waals surface area contributed by atoms with Gasteiger partial charge in [-0.2, -0.15) is 9.97 Å². The van der Waals surface area contributed by atoms with E-state index in [-0.39, 0.29) is 40.8 Å². The number of hydrogen-bond acceptors (Lipinski definition) is 8. The maximum absolute atomic E-state index is 16.7. The van der Waals surface area contributed by atoms with Crippen molar-refractivity contribution < 1.29 is 19.0 Å². The number of fused-ring (bicyclic) bond motifs is 3. The Balaban J connectivity index is 1.25. The van der Waals surface area contributed by atoms with E-state index in [1.54, 1.807) is 6.20 Å². The molecule has 2 N–H and O–H groups in total. The number of pyridine rings is 1. The van der Waals surface area contributed by atoms with E-state index in [4.69, 9.17) is 9.72 Å². The Morgan fingerprint density at radius 2 is 1.79 bits per heavy atom. The highest BCUT2D eigenvalue weighted by Crippen LogP contribution is 2.41. The van der Waals surface area contributed by atoms with Crippen LogP contribution in [-0.2, 0) is 11.4 Å². The summed E-state index contributed by atoms with van der Waals surface area (Å²) in [7, 11) is 0. The number of carbonyl (C=O) groups excluding carboxylic acids is 1. The van der Waals surface area contributed by atoms with E-state index in [1.807, 2.05) is 36.4 Å². The number of amides is 1. The van der Waals surface area contributed by atoms with Gasteiger partial charge in [0, 0.05) is 24.8 Å². The van der Waals surface area contributed by atoms with Gasteiger partial charge in [-0.1, -0.05) is 36.4 Å². The van der Waals surface area contributed by atoms with Crippen LogP contribution in [0.5, 0.6) is 6.01 Å². The number of halogens is 1. The number of ether oxygens (including phenoxy) is 1. The lowest BCUT2D eigenvalue weighted by Gasteiger charge is -2.49. The van der Waals surface area contributed by atoms with E-state index in [1.165, 1.54) is 0 Å². The first-order valence-electron chi connectivity index (χ1n) is 15.4. The fraction of sp³-hybridized carbons (Fsp3) is 0.455. The van der Waals surface area contributed by atoms with Crippen LogP contribution in [0.2, 0.25) is 0 Å². The van der Waals surface area contributed by atoms with Gasteiger partial charge in [0.15, 0.2) is 5.82 Å². The summed E-state index contributed by atoms with van der Waals surface area (Å²) >= 11 is 0. The third-order valence-electron chi connectivity index (χ3n) is 10.1. The highest BCUT2D eigenvalue weighted by atomic mass is 19.1. The summed E-state index contributed by atoms with van der Waals surface area (Å²) in [5.74, 6) is 0.0980. The van der Waals surface area contributed by atoms with E-state index >= 15 is 4.39 Å². The van der Waals surface area contributed by atoms with Gasteiger partial charge in [-0.3, -0.25) is 14.7 Å². The van der Waals surface area contributed by atoms with Gasteiger partial charge in [0.1, 0.15) is 23.6 Å².